The molecule has 3 rings (SSSR count). The first-order valence-corrected chi connectivity index (χ1v) is 8.45. The summed E-state index contributed by atoms with van der Waals surface area (Å²) in [5.74, 6) is -0.641. The number of ketones is 1. The summed E-state index contributed by atoms with van der Waals surface area (Å²) in [5, 5.41) is 20.6. The second-order valence-corrected chi connectivity index (χ2v) is 7.27. The van der Waals surface area contributed by atoms with Crippen molar-refractivity contribution in [2.24, 2.45) is 0 Å². The van der Waals surface area contributed by atoms with Gasteiger partial charge in [-0.15, -0.1) is 11.3 Å². The van der Waals surface area contributed by atoms with Gasteiger partial charge in [-0.2, -0.15) is 0 Å². The van der Waals surface area contributed by atoms with E-state index in [1.54, 1.807) is 35.9 Å². The van der Waals surface area contributed by atoms with Crippen LogP contribution in [0.2, 0.25) is 0 Å². The Bertz CT molecular complexity index is 756. The molecule has 0 bridgehead atoms. The van der Waals surface area contributed by atoms with Crippen LogP contribution in [-0.4, -0.2) is 20.9 Å². The van der Waals surface area contributed by atoms with E-state index in [4.69, 9.17) is 5.41 Å². The van der Waals surface area contributed by atoms with Crippen molar-refractivity contribution < 1.29 is 9.90 Å². The summed E-state index contributed by atoms with van der Waals surface area (Å²) in [6.45, 7) is 0. The monoisotopic (exact) mass is 380 g/mol. The van der Waals surface area contributed by atoms with E-state index < -0.39 is 5.92 Å². The molecule has 1 unspecified atom stereocenters. The molecule has 1 aliphatic rings. The van der Waals surface area contributed by atoms with Crippen LogP contribution < -0.4 is 0 Å². The lowest BCUT2D eigenvalue weighted by molar-refractivity contribution is -0.114. The number of halogens is 1. The van der Waals surface area contributed by atoms with Crippen LogP contribution in [0, 0.1) is 5.41 Å². The van der Waals surface area contributed by atoms with Gasteiger partial charge in [0.25, 0.3) is 0 Å². The van der Waals surface area contributed by atoms with Gasteiger partial charge in [0.15, 0.2) is 5.78 Å². The van der Waals surface area contributed by atoms with Crippen LogP contribution >= 0.6 is 39.0 Å². The highest BCUT2D eigenvalue weighted by molar-refractivity contribution is 9.10. The van der Waals surface area contributed by atoms with Crippen LogP contribution in [0.4, 0.5) is 0 Å². The molecule has 1 aromatic heterocycles. The van der Waals surface area contributed by atoms with Gasteiger partial charge in [0.05, 0.1) is 9.95 Å². The number of nitrogens with zero attached hydrogens (tertiary/aromatic N) is 1. The van der Waals surface area contributed by atoms with Crippen molar-refractivity contribution in [1.29, 1.82) is 5.41 Å². The molecule has 0 radical (unpaired) electrons. The highest BCUT2D eigenvalue weighted by Gasteiger charge is 2.38. The van der Waals surface area contributed by atoms with Gasteiger partial charge in [0, 0.05) is 21.6 Å². The maximum atomic E-state index is 12.5. The molecule has 4 nitrogen and oxygen atoms in total. The minimum absolute atomic E-state index is 0.100. The zero-order valence-electron chi connectivity index (χ0n) is 10.5. The van der Waals surface area contributed by atoms with Gasteiger partial charge in [-0.1, -0.05) is 27.7 Å². The molecule has 2 heterocycles. The Labute approximate surface area is 137 Å². The van der Waals surface area contributed by atoms with Crippen molar-refractivity contribution >= 4 is 55.9 Å². The summed E-state index contributed by atoms with van der Waals surface area (Å²) in [5.41, 5.74) is 0.549. The highest BCUT2D eigenvalue weighted by Crippen LogP contribution is 2.41. The molecule has 106 valence electrons. The number of phenolic OH excluding ortho intramolecular Hbond substituents is 1. The molecule has 1 aromatic carbocycles. The number of thioether (sulfide) groups is 1. The maximum absolute atomic E-state index is 12.5. The Morgan fingerprint density at radius 3 is 2.95 bits per heavy atom. The van der Waals surface area contributed by atoms with E-state index in [-0.39, 0.29) is 16.6 Å². The quantitative estimate of drug-likeness (QED) is 0.771. The number of nitrogens with one attached hydrogen (secondary N) is 1. The average Bonchev–Trinajstić information content (AvgIpc) is 3.03. The molecule has 1 atom stereocenters. The normalized spacial score (nSPS) is 20.4. The van der Waals surface area contributed by atoms with Crippen molar-refractivity contribution in [3.8, 4) is 5.75 Å². The number of thiazole rings is 1. The smallest absolute Gasteiger partial charge is 0.186 e. The molecule has 2 aromatic rings. The van der Waals surface area contributed by atoms with E-state index in [0.717, 1.165) is 16.2 Å². The van der Waals surface area contributed by atoms with Crippen LogP contribution in [0.15, 0.2) is 39.2 Å². The number of allylic oxidation sites excluding steroid dienone is 1. The second-order valence-electron chi connectivity index (χ2n) is 4.35. The number of aromatic hydroxyl groups is 1. The summed E-state index contributed by atoms with van der Waals surface area (Å²) >= 11 is 5.83. The molecule has 1 saturated heterocycles. The number of phenols is 1. The van der Waals surface area contributed by atoms with E-state index in [1.165, 1.54) is 11.3 Å². The number of hydrogen-bond acceptors (Lipinski definition) is 6. The second kappa shape index (κ2) is 5.75. The number of carbonyl (C=O) groups is 1. The van der Waals surface area contributed by atoms with Gasteiger partial charge in [-0.3, -0.25) is 10.2 Å². The van der Waals surface area contributed by atoms with Crippen LogP contribution in [0.5, 0.6) is 5.75 Å². The van der Waals surface area contributed by atoms with Crippen molar-refractivity contribution in [3.63, 3.8) is 0 Å². The third kappa shape index (κ3) is 2.81. The van der Waals surface area contributed by atoms with Gasteiger partial charge in [-0.05, 0) is 24.3 Å². The van der Waals surface area contributed by atoms with Crippen molar-refractivity contribution in [3.05, 3.63) is 49.7 Å². The molecule has 21 heavy (non-hydrogen) atoms. The molecule has 2 N–H and O–H groups in total. The molecule has 7 heteroatoms. The summed E-state index contributed by atoms with van der Waals surface area (Å²) in [7, 11) is 0. The van der Waals surface area contributed by atoms with Gasteiger partial charge in [0.2, 0.25) is 0 Å². The Morgan fingerprint density at radius 2 is 2.24 bits per heavy atom. The van der Waals surface area contributed by atoms with E-state index in [0.29, 0.717) is 15.5 Å². The lowest BCUT2D eigenvalue weighted by atomic mass is 10.0. The number of aromatic nitrogens is 1. The summed E-state index contributed by atoms with van der Waals surface area (Å²) in [6.07, 6.45) is 3.25. The number of carbonyl (C=O) groups excluding carboxylic acids is 1. The number of hydrogen-bond donors (Lipinski definition) is 2. The SMILES string of the molecule is N=C1SC(=Cc2cc(Br)ccc2O)C(=O)C1c1nccs1. The molecule has 1 fully saturated rings. The number of Topliss-reactive ketones (excluding diaryl/α,β-unsaturated/α-hetero) is 1. The zero-order valence-corrected chi connectivity index (χ0v) is 13.8. The van der Waals surface area contributed by atoms with Crippen molar-refractivity contribution in [1.82, 2.24) is 4.98 Å². The standard InChI is InChI=1S/C14H9BrN2O2S2/c15-8-1-2-9(18)7(5-8)6-10-12(19)11(13(16)21-10)14-17-3-4-20-14/h1-6,11,16,18H. The van der Waals surface area contributed by atoms with Crippen LogP contribution in [0.3, 0.4) is 0 Å². The third-order valence-corrected chi connectivity index (χ3v) is 5.29. The zero-order chi connectivity index (χ0) is 15.0. The molecule has 0 aliphatic carbocycles. The van der Waals surface area contributed by atoms with E-state index in [9.17, 15) is 9.90 Å². The molecule has 0 amide bonds. The summed E-state index contributed by atoms with van der Waals surface area (Å²) in [4.78, 5) is 17.0. The fraction of sp³-hybridized carbons (Fsp3) is 0.0714. The summed E-state index contributed by atoms with van der Waals surface area (Å²) < 4.78 is 0.814. The molecule has 1 aliphatic heterocycles. The van der Waals surface area contributed by atoms with Gasteiger partial charge >= 0.3 is 0 Å². The van der Waals surface area contributed by atoms with Gasteiger partial charge in [-0.25, -0.2) is 4.98 Å². The number of rotatable bonds is 2. The largest absolute Gasteiger partial charge is 0.507 e. The molecule has 0 spiro atoms. The van der Waals surface area contributed by atoms with Crippen LogP contribution in [0.1, 0.15) is 16.5 Å². The Kier molecular flexibility index (Phi) is 3.97. The lowest BCUT2D eigenvalue weighted by Gasteiger charge is -2.02. The molecular weight excluding hydrogens is 372 g/mol. The van der Waals surface area contributed by atoms with Crippen LogP contribution in [0.25, 0.3) is 6.08 Å². The minimum atomic E-state index is -0.601. The average molecular weight is 381 g/mol. The fourth-order valence-electron chi connectivity index (χ4n) is 1.97. The van der Waals surface area contributed by atoms with E-state index in [2.05, 4.69) is 20.9 Å². The fourth-order valence-corrected chi connectivity index (χ4v) is 4.15. The van der Waals surface area contributed by atoms with Crippen LogP contribution in [-0.2, 0) is 4.79 Å². The predicted molar refractivity (Wildman–Crippen MR) is 89.0 cm³/mol. The minimum Gasteiger partial charge on any atom is -0.507 e. The number of benzene rings is 1. The van der Waals surface area contributed by atoms with Gasteiger partial charge in [0.1, 0.15) is 16.7 Å². The maximum Gasteiger partial charge on any atom is 0.186 e. The van der Waals surface area contributed by atoms with E-state index >= 15 is 0 Å². The molecule has 0 saturated carbocycles. The topological polar surface area (TPSA) is 74.0 Å². The predicted octanol–water partition coefficient (Wildman–Crippen LogP) is 4.03. The van der Waals surface area contributed by atoms with E-state index in [1.807, 2.05) is 0 Å². The highest BCUT2D eigenvalue weighted by atomic mass is 79.9. The molecular formula is C14H9BrN2O2S2. The Balaban J connectivity index is 1.97. The summed E-state index contributed by atoms with van der Waals surface area (Å²) in [6, 6.07) is 5.02. The Morgan fingerprint density at radius 1 is 1.43 bits per heavy atom. The van der Waals surface area contributed by atoms with Crippen molar-refractivity contribution in [2.45, 2.75) is 5.92 Å². The first-order valence-electron chi connectivity index (χ1n) is 5.96. The van der Waals surface area contributed by atoms with Crippen molar-refractivity contribution in [2.75, 3.05) is 0 Å². The first-order chi connectivity index (χ1) is 10.1. The third-order valence-electron chi connectivity index (χ3n) is 2.96. The lowest BCUT2D eigenvalue weighted by Crippen LogP contribution is -2.11. The first kappa shape index (κ1) is 14.5. The Hall–Kier alpha value is -1.44. The van der Waals surface area contributed by atoms with Gasteiger partial charge < -0.3 is 5.11 Å².